The minimum absolute atomic E-state index is 0.0586. The van der Waals surface area contributed by atoms with Gasteiger partial charge in [0.1, 0.15) is 12.4 Å². The first-order valence-corrected chi connectivity index (χ1v) is 11.1. The van der Waals surface area contributed by atoms with E-state index in [4.69, 9.17) is 4.74 Å². The van der Waals surface area contributed by atoms with Gasteiger partial charge < -0.3 is 20.1 Å². The third-order valence-corrected chi connectivity index (χ3v) is 5.94. The van der Waals surface area contributed by atoms with E-state index in [-0.39, 0.29) is 5.91 Å². The molecule has 0 spiro atoms. The van der Waals surface area contributed by atoms with Crippen LogP contribution in [0.2, 0.25) is 0 Å². The van der Waals surface area contributed by atoms with Gasteiger partial charge in [0, 0.05) is 44.0 Å². The normalized spacial score (nSPS) is 16.0. The number of carbonyl (C=O) groups is 2. The number of aromatic carboxylic acids is 1. The number of hydrogen-bond acceptors (Lipinski definition) is 5. The number of rotatable bonds is 8. The summed E-state index contributed by atoms with van der Waals surface area (Å²) in [5, 5.41) is 12.2. The highest BCUT2D eigenvalue weighted by Crippen LogP contribution is 2.25. The molecule has 168 valence electrons. The van der Waals surface area contributed by atoms with E-state index in [9.17, 15) is 14.7 Å². The van der Waals surface area contributed by atoms with Crippen molar-refractivity contribution in [2.75, 3.05) is 50.8 Å². The number of fused-ring (bicyclic) bond motifs is 1. The maximum atomic E-state index is 12.4. The fourth-order valence-corrected chi connectivity index (χ4v) is 4.09. The molecule has 7 heteroatoms. The molecule has 2 heterocycles. The van der Waals surface area contributed by atoms with Crippen molar-refractivity contribution in [2.45, 2.75) is 12.8 Å². The van der Waals surface area contributed by atoms with E-state index in [1.54, 1.807) is 18.2 Å². The number of amides is 1. The Labute approximate surface area is 188 Å². The lowest BCUT2D eigenvalue weighted by Gasteiger charge is -2.36. The van der Waals surface area contributed by atoms with Crippen LogP contribution in [0.5, 0.6) is 5.75 Å². The fourth-order valence-electron chi connectivity index (χ4n) is 4.09. The van der Waals surface area contributed by atoms with Crippen LogP contribution in [0, 0.1) is 0 Å². The first kappa shape index (κ1) is 21.9. The van der Waals surface area contributed by atoms with Crippen LogP contribution in [-0.4, -0.2) is 67.8 Å². The Kier molecular flexibility index (Phi) is 7.07. The summed E-state index contributed by atoms with van der Waals surface area (Å²) in [6, 6.07) is 14.9. The van der Waals surface area contributed by atoms with Crippen LogP contribution in [-0.2, 0) is 4.79 Å². The van der Waals surface area contributed by atoms with Gasteiger partial charge in [-0.1, -0.05) is 24.3 Å². The van der Waals surface area contributed by atoms with Gasteiger partial charge in [0.25, 0.3) is 5.91 Å². The predicted molar refractivity (Wildman–Crippen MR) is 124 cm³/mol. The van der Waals surface area contributed by atoms with Gasteiger partial charge in [0.15, 0.2) is 0 Å². The highest BCUT2D eigenvalue weighted by molar-refractivity contribution is 5.99. The number of benzene rings is 2. The largest absolute Gasteiger partial charge is 0.488 e. The van der Waals surface area contributed by atoms with Crippen LogP contribution >= 0.6 is 0 Å². The smallest absolute Gasteiger partial charge is 0.335 e. The Morgan fingerprint density at radius 3 is 2.62 bits per heavy atom. The summed E-state index contributed by atoms with van der Waals surface area (Å²) in [7, 11) is 0. The van der Waals surface area contributed by atoms with Crippen molar-refractivity contribution in [1.82, 2.24) is 10.2 Å². The topological polar surface area (TPSA) is 82.1 Å². The highest BCUT2D eigenvalue weighted by Gasteiger charge is 2.18. The molecular weight excluding hydrogens is 406 g/mol. The van der Waals surface area contributed by atoms with Gasteiger partial charge >= 0.3 is 5.97 Å². The van der Waals surface area contributed by atoms with Crippen molar-refractivity contribution in [2.24, 2.45) is 0 Å². The molecule has 1 amide bonds. The molecule has 0 radical (unpaired) electrons. The number of anilines is 1. The lowest BCUT2D eigenvalue weighted by Crippen LogP contribution is -2.46. The standard InChI is InChI=1S/C25H29N3O4/c29-24(21-16-19-6-1-2-9-23(19)32-18-21)26-10-3-4-11-27-12-14-28(15-13-27)22-8-5-7-20(17-22)25(30)31/h1-2,5-9,16-17H,3-4,10-15,18H2,(H,26,29)(H,30,31). The molecule has 0 atom stereocenters. The van der Waals surface area contributed by atoms with Gasteiger partial charge in [0.2, 0.25) is 0 Å². The third kappa shape index (κ3) is 5.48. The summed E-state index contributed by atoms with van der Waals surface area (Å²) in [4.78, 5) is 28.2. The number of carboxylic acids is 1. The minimum atomic E-state index is -0.894. The number of piperazine rings is 1. The van der Waals surface area contributed by atoms with E-state index in [0.717, 1.165) is 62.6 Å². The number of nitrogens with one attached hydrogen (secondary N) is 1. The Morgan fingerprint density at radius 2 is 1.81 bits per heavy atom. The van der Waals surface area contributed by atoms with E-state index in [1.807, 2.05) is 36.4 Å². The molecule has 0 aromatic heterocycles. The molecule has 2 aliphatic heterocycles. The summed E-state index contributed by atoms with van der Waals surface area (Å²) in [6.07, 6.45) is 3.85. The van der Waals surface area contributed by atoms with Crippen LogP contribution < -0.4 is 15.0 Å². The van der Waals surface area contributed by atoms with Gasteiger partial charge in [-0.2, -0.15) is 0 Å². The number of para-hydroxylation sites is 1. The molecule has 1 saturated heterocycles. The number of carbonyl (C=O) groups excluding carboxylic acids is 1. The van der Waals surface area contributed by atoms with Crippen molar-refractivity contribution in [3.63, 3.8) is 0 Å². The lowest BCUT2D eigenvalue weighted by atomic mass is 10.1. The fraction of sp³-hybridized carbons (Fsp3) is 0.360. The average Bonchev–Trinajstić information content (AvgIpc) is 2.84. The molecular formula is C25H29N3O4. The maximum Gasteiger partial charge on any atom is 0.335 e. The maximum absolute atomic E-state index is 12.4. The van der Waals surface area contributed by atoms with Gasteiger partial charge in [0.05, 0.1) is 11.1 Å². The zero-order valence-corrected chi connectivity index (χ0v) is 18.1. The summed E-state index contributed by atoms with van der Waals surface area (Å²) >= 11 is 0. The molecule has 2 aromatic carbocycles. The number of unbranched alkanes of at least 4 members (excludes halogenated alkanes) is 1. The number of hydrogen-bond donors (Lipinski definition) is 2. The Bertz CT molecular complexity index is 996. The monoisotopic (exact) mass is 435 g/mol. The van der Waals surface area contributed by atoms with Crippen molar-refractivity contribution >= 4 is 23.6 Å². The molecule has 7 nitrogen and oxygen atoms in total. The summed E-state index contributed by atoms with van der Waals surface area (Å²) in [6.45, 7) is 5.63. The average molecular weight is 436 g/mol. The Balaban J connectivity index is 1.14. The van der Waals surface area contributed by atoms with Gasteiger partial charge in [-0.05, 0) is 49.7 Å². The molecule has 0 saturated carbocycles. The zero-order valence-electron chi connectivity index (χ0n) is 18.1. The van der Waals surface area contributed by atoms with Crippen molar-refractivity contribution in [1.29, 1.82) is 0 Å². The lowest BCUT2D eigenvalue weighted by molar-refractivity contribution is -0.117. The van der Waals surface area contributed by atoms with E-state index >= 15 is 0 Å². The van der Waals surface area contributed by atoms with E-state index in [1.165, 1.54) is 0 Å². The molecule has 4 rings (SSSR count). The van der Waals surface area contributed by atoms with Crippen molar-refractivity contribution in [3.05, 3.63) is 65.2 Å². The van der Waals surface area contributed by atoms with Crippen molar-refractivity contribution in [3.8, 4) is 5.75 Å². The second kappa shape index (κ2) is 10.3. The Morgan fingerprint density at radius 1 is 1.00 bits per heavy atom. The second-order valence-corrected chi connectivity index (χ2v) is 8.14. The van der Waals surface area contributed by atoms with Gasteiger partial charge in [-0.25, -0.2) is 4.79 Å². The molecule has 1 fully saturated rings. The van der Waals surface area contributed by atoms with E-state index in [0.29, 0.717) is 24.3 Å². The van der Waals surface area contributed by atoms with Crippen LogP contribution in [0.3, 0.4) is 0 Å². The van der Waals surface area contributed by atoms with Gasteiger partial charge in [-0.15, -0.1) is 0 Å². The molecule has 0 aliphatic carbocycles. The first-order chi connectivity index (χ1) is 15.6. The highest BCUT2D eigenvalue weighted by atomic mass is 16.5. The van der Waals surface area contributed by atoms with E-state index < -0.39 is 5.97 Å². The summed E-state index contributed by atoms with van der Waals surface area (Å²) in [5.41, 5.74) is 2.90. The Hall–Kier alpha value is -3.32. The van der Waals surface area contributed by atoms with E-state index in [2.05, 4.69) is 15.1 Å². The van der Waals surface area contributed by atoms with Crippen LogP contribution in [0.4, 0.5) is 5.69 Å². The van der Waals surface area contributed by atoms with Crippen LogP contribution in [0.15, 0.2) is 54.1 Å². The molecule has 2 aromatic rings. The van der Waals surface area contributed by atoms with Crippen LogP contribution in [0.25, 0.3) is 6.08 Å². The quantitative estimate of drug-likeness (QED) is 0.621. The number of nitrogens with zero attached hydrogens (tertiary/aromatic N) is 2. The second-order valence-electron chi connectivity index (χ2n) is 8.14. The summed E-state index contributed by atoms with van der Waals surface area (Å²) in [5.74, 6) is -0.134. The van der Waals surface area contributed by atoms with Gasteiger partial charge in [-0.3, -0.25) is 9.69 Å². The molecule has 0 unspecified atom stereocenters. The predicted octanol–water partition coefficient (Wildman–Crippen LogP) is 2.88. The zero-order chi connectivity index (χ0) is 22.3. The number of ether oxygens (including phenoxy) is 1. The van der Waals surface area contributed by atoms with Crippen molar-refractivity contribution < 1.29 is 19.4 Å². The first-order valence-electron chi connectivity index (χ1n) is 11.1. The molecule has 2 N–H and O–H groups in total. The minimum Gasteiger partial charge on any atom is -0.488 e. The summed E-state index contributed by atoms with van der Waals surface area (Å²) < 4.78 is 5.65. The molecule has 32 heavy (non-hydrogen) atoms. The van der Waals surface area contributed by atoms with Crippen LogP contribution in [0.1, 0.15) is 28.8 Å². The third-order valence-electron chi connectivity index (χ3n) is 5.94. The molecule has 2 aliphatic rings. The SMILES string of the molecule is O=C(NCCCCN1CCN(c2cccc(C(=O)O)c2)CC1)C1=Cc2ccccc2OC1. The number of carboxylic acid groups (broad SMARTS) is 1. The molecule has 0 bridgehead atoms.